The Bertz CT molecular complexity index is 369. The van der Waals surface area contributed by atoms with E-state index in [0.29, 0.717) is 13.2 Å². The quantitative estimate of drug-likeness (QED) is 0.665. The fourth-order valence-electron chi connectivity index (χ4n) is 1.78. The number of nitrogens with zero attached hydrogens (tertiary/aromatic N) is 2. The van der Waals surface area contributed by atoms with Gasteiger partial charge in [-0.3, -0.25) is 4.68 Å². The summed E-state index contributed by atoms with van der Waals surface area (Å²) in [5.74, 6) is 0. The second-order valence-corrected chi connectivity index (χ2v) is 5.25. The Kier molecular flexibility index (Phi) is 8.29. The molecule has 1 rings (SSSR count). The third kappa shape index (κ3) is 6.03. The van der Waals surface area contributed by atoms with Gasteiger partial charge in [-0.05, 0) is 42.2 Å². The van der Waals surface area contributed by atoms with Crippen molar-refractivity contribution in [2.75, 3.05) is 33.5 Å². The highest BCUT2D eigenvalue weighted by atomic mass is 79.9. The molecule has 1 heterocycles. The number of ether oxygens (including phenoxy) is 2. The van der Waals surface area contributed by atoms with E-state index in [1.165, 1.54) is 5.69 Å². The van der Waals surface area contributed by atoms with Gasteiger partial charge in [-0.25, -0.2) is 0 Å². The SMILES string of the molecule is COCCOCCCCNCc1c(Br)c(C)nn1C. The molecular weight excluding hydrogens is 310 g/mol. The van der Waals surface area contributed by atoms with E-state index in [9.17, 15) is 0 Å². The van der Waals surface area contributed by atoms with E-state index >= 15 is 0 Å². The van der Waals surface area contributed by atoms with Crippen molar-refractivity contribution < 1.29 is 9.47 Å². The zero-order chi connectivity index (χ0) is 14.1. The van der Waals surface area contributed by atoms with E-state index in [4.69, 9.17) is 9.47 Å². The topological polar surface area (TPSA) is 48.3 Å². The normalized spacial score (nSPS) is 11.2. The van der Waals surface area contributed by atoms with Gasteiger partial charge in [0.1, 0.15) is 0 Å². The van der Waals surface area contributed by atoms with E-state index in [2.05, 4.69) is 26.3 Å². The molecule has 0 aliphatic rings. The van der Waals surface area contributed by atoms with Crippen molar-refractivity contribution in [2.45, 2.75) is 26.3 Å². The van der Waals surface area contributed by atoms with Gasteiger partial charge in [0, 0.05) is 27.3 Å². The van der Waals surface area contributed by atoms with E-state index in [1.807, 2.05) is 18.7 Å². The Hall–Kier alpha value is -0.430. The zero-order valence-electron chi connectivity index (χ0n) is 12.0. The molecule has 0 spiro atoms. The molecule has 0 aliphatic carbocycles. The third-order valence-electron chi connectivity index (χ3n) is 2.88. The molecule has 0 saturated carbocycles. The number of unbranched alkanes of at least 4 members (excludes halogenated alkanes) is 1. The van der Waals surface area contributed by atoms with Gasteiger partial charge in [-0.1, -0.05) is 0 Å². The van der Waals surface area contributed by atoms with E-state index < -0.39 is 0 Å². The second-order valence-electron chi connectivity index (χ2n) is 4.46. The van der Waals surface area contributed by atoms with Crippen molar-refractivity contribution in [3.63, 3.8) is 0 Å². The molecule has 0 atom stereocenters. The lowest BCUT2D eigenvalue weighted by atomic mass is 10.3. The van der Waals surface area contributed by atoms with Crippen LogP contribution in [-0.4, -0.2) is 43.3 Å². The van der Waals surface area contributed by atoms with E-state index in [-0.39, 0.29) is 0 Å². The van der Waals surface area contributed by atoms with Gasteiger partial charge in [-0.15, -0.1) is 0 Å². The minimum atomic E-state index is 0.673. The molecule has 19 heavy (non-hydrogen) atoms. The highest BCUT2D eigenvalue weighted by molar-refractivity contribution is 9.10. The van der Waals surface area contributed by atoms with Crippen LogP contribution in [0.4, 0.5) is 0 Å². The number of halogens is 1. The van der Waals surface area contributed by atoms with Gasteiger partial charge < -0.3 is 14.8 Å². The summed E-state index contributed by atoms with van der Waals surface area (Å²) in [4.78, 5) is 0. The van der Waals surface area contributed by atoms with Gasteiger partial charge in [-0.2, -0.15) is 5.10 Å². The fourth-order valence-corrected chi connectivity index (χ4v) is 2.25. The first-order valence-corrected chi connectivity index (χ1v) is 7.41. The van der Waals surface area contributed by atoms with Crippen molar-refractivity contribution in [2.24, 2.45) is 7.05 Å². The van der Waals surface area contributed by atoms with Gasteiger partial charge in [0.2, 0.25) is 0 Å². The zero-order valence-corrected chi connectivity index (χ0v) is 13.6. The van der Waals surface area contributed by atoms with Crippen LogP contribution in [-0.2, 0) is 23.1 Å². The molecule has 0 saturated heterocycles. The number of methoxy groups -OCH3 is 1. The number of rotatable bonds is 10. The Morgan fingerprint density at radius 2 is 2.05 bits per heavy atom. The van der Waals surface area contributed by atoms with Crippen molar-refractivity contribution in [3.05, 3.63) is 15.9 Å². The molecule has 0 aromatic carbocycles. The molecule has 6 heteroatoms. The fraction of sp³-hybridized carbons (Fsp3) is 0.769. The van der Waals surface area contributed by atoms with Crippen LogP contribution in [0.25, 0.3) is 0 Å². The Labute approximate surface area is 123 Å². The minimum Gasteiger partial charge on any atom is -0.382 e. The van der Waals surface area contributed by atoms with Crippen molar-refractivity contribution in [1.29, 1.82) is 0 Å². The lowest BCUT2D eigenvalue weighted by Gasteiger charge is -2.06. The van der Waals surface area contributed by atoms with Gasteiger partial charge in [0.05, 0.1) is 29.1 Å². The van der Waals surface area contributed by atoms with Crippen LogP contribution >= 0.6 is 15.9 Å². The number of nitrogens with one attached hydrogen (secondary N) is 1. The highest BCUT2D eigenvalue weighted by Crippen LogP contribution is 2.19. The second kappa shape index (κ2) is 9.47. The summed E-state index contributed by atoms with van der Waals surface area (Å²) in [5.41, 5.74) is 2.22. The summed E-state index contributed by atoms with van der Waals surface area (Å²) >= 11 is 3.56. The van der Waals surface area contributed by atoms with Gasteiger partial charge >= 0.3 is 0 Å². The average molecular weight is 334 g/mol. The number of aromatic nitrogens is 2. The lowest BCUT2D eigenvalue weighted by Crippen LogP contribution is -2.17. The lowest BCUT2D eigenvalue weighted by molar-refractivity contribution is 0.0688. The summed E-state index contributed by atoms with van der Waals surface area (Å²) in [6.45, 7) is 5.99. The first kappa shape index (κ1) is 16.6. The van der Waals surface area contributed by atoms with Crippen LogP contribution in [0.1, 0.15) is 24.2 Å². The first-order valence-electron chi connectivity index (χ1n) is 6.62. The van der Waals surface area contributed by atoms with Crippen LogP contribution in [0.5, 0.6) is 0 Å². The summed E-state index contributed by atoms with van der Waals surface area (Å²) in [6, 6.07) is 0. The molecule has 0 aliphatic heterocycles. The molecular formula is C13H24BrN3O2. The van der Waals surface area contributed by atoms with Crippen molar-refractivity contribution in [1.82, 2.24) is 15.1 Å². The van der Waals surface area contributed by atoms with Crippen molar-refractivity contribution in [3.8, 4) is 0 Å². The average Bonchev–Trinajstić information content (AvgIpc) is 2.63. The monoisotopic (exact) mass is 333 g/mol. The molecule has 0 fully saturated rings. The maximum atomic E-state index is 5.41. The third-order valence-corrected chi connectivity index (χ3v) is 3.91. The molecule has 5 nitrogen and oxygen atoms in total. The molecule has 0 amide bonds. The molecule has 0 bridgehead atoms. The van der Waals surface area contributed by atoms with E-state index in [0.717, 1.165) is 42.7 Å². The number of aryl methyl sites for hydroxylation is 2. The molecule has 1 N–H and O–H groups in total. The van der Waals surface area contributed by atoms with Crippen LogP contribution in [0, 0.1) is 6.92 Å². The summed E-state index contributed by atoms with van der Waals surface area (Å²) in [5, 5.41) is 7.79. The summed E-state index contributed by atoms with van der Waals surface area (Å²) in [6.07, 6.45) is 2.18. The Morgan fingerprint density at radius 1 is 1.26 bits per heavy atom. The van der Waals surface area contributed by atoms with Crippen molar-refractivity contribution >= 4 is 15.9 Å². The van der Waals surface area contributed by atoms with Gasteiger partial charge in [0.15, 0.2) is 0 Å². The maximum absolute atomic E-state index is 5.41. The minimum absolute atomic E-state index is 0.673. The van der Waals surface area contributed by atoms with Crippen LogP contribution in [0.2, 0.25) is 0 Å². The van der Waals surface area contributed by atoms with Gasteiger partial charge in [0.25, 0.3) is 0 Å². The predicted octanol–water partition coefficient (Wildman–Crippen LogP) is 2.02. The van der Waals surface area contributed by atoms with Crippen LogP contribution < -0.4 is 5.32 Å². The number of hydrogen-bond acceptors (Lipinski definition) is 4. The number of hydrogen-bond donors (Lipinski definition) is 1. The molecule has 0 radical (unpaired) electrons. The maximum Gasteiger partial charge on any atom is 0.0739 e. The summed E-state index contributed by atoms with van der Waals surface area (Å²) in [7, 11) is 3.66. The van der Waals surface area contributed by atoms with Crippen LogP contribution in [0.15, 0.2) is 4.47 Å². The smallest absolute Gasteiger partial charge is 0.0739 e. The standard InChI is InChI=1S/C13H24BrN3O2/c1-11-13(14)12(17(2)16-11)10-15-6-4-5-7-19-9-8-18-3/h15H,4-10H2,1-3H3. The summed E-state index contributed by atoms with van der Waals surface area (Å²) < 4.78 is 13.3. The Morgan fingerprint density at radius 3 is 2.68 bits per heavy atom. The predicted molar refractivity (Wildman–Crippen MR) is 79.3 cm³/mol. The molecule has 110 valence electrons. The molecule has 1 aromatic rings. The highest BCUT2D eigenvalue weighted by Gasteiger charge is 2.09. The van der Waals surface area contributed by atoms with Crippen LogP contribution in [0.3, 0.4) is 0 Å². The Balaban J connectivity index is 2.05. The molecule has 0 unspecified atom stereocenters. The largest absolute Gasteiger partial charge is 0.382 e. The van der Waals surface area contributed by atoms with E-state index in [1.54, 1.807) is 7.11 Å². The first-order chi connectivity index (χ1) is 9.16. The molecule has 1 aromatic heterocycles.